The van der Waals surface area contributed by atoms with Gasteiger partial charge in [0.2, 0.25) is 0 Å². The molecule has 0 aliphatic rings. The molecule has 0 saturated carbocycles. The van der Waals surface area contributed by atoms with E-state index in [0.717, 1.165) is 16.9 Å². The molecular weight excluding hydrogens is 362 g/mol. The summed E-state index contributed by atoms with van der Waals surface area (Å²) < 4.78 is 4.97. The first-order valence-electron chi connectivity index (χ1n) is 8.65. The van der Waals surface area contributed by atoms with Crippen LogP contribution in [0.15, 0.2) is 64.6 Å². The van der Waals surface area contributed by atoms with Crippen molar-refractivity contribution in [3.63, 3.8) is 0 Å². The highest BCUT2D eigenvalue weighted by Gasteiger charge is 2.17. The van der Waals surface area contributed by atoms with Gasteiger partial charge < -0.3 is 4.42 Å². The lowest BCUT2D eigenvalue weighted by molar-refractivity contribution is -0.121. The Labute approximate surface area is 161 Å². The van der Waals surface area contributed by atoms with E-state index in [1.807, 2.05) is 17.5 Å². The van der Waals surface area contributed by atoms with Gasteiger partial charge >= 0.3 is 5.91 Å². The van der Waals surface area contributed by atoms with Crippen LogP contribution in [-0.2, 0) is 11.2 Å². The van der Waals surface area contributed by atoms with Crippen molar-refractivity contribution in [1.82, 2.24) is 16.2 Å². The fraction of sp³-hybridized carbons (Fsp3) is 0.200. The molecule has 0 fully saturated rings. The van der Waals surface area contributed by atoms with E-state index >= 15 is 0 Å². The topological polar surface area (TPSA) is 83.4 Å². The van der Waals surface area contributed by atoms with Gasteiger partial charge in [0.15, 0.2) is 5.76 Å². The summed E-state index contributed by atoms with van der Waals surface area (Å²) in [5.41, 5.74) is 7.06. The van der Waals surface area contributed by atoms with E-state index in [9.17, 15) is 9.59 Å². The summed E-state index contributed by atoms with van der Waals surface area (Å²) in [7, 11) is 0. The molecule has 0 radical (unpaired) electrons. The van der Waals surface area contributed by atoms with Crippen molar-refractivity contribution in [2.75, 3.05) is 6.54 Å². The van der Waals surface area contributed by atoms with Crippen molar-refractivity contribution in [3.05, 3.63) is 81.9 Å². The molecule has 1 atom stereocenters. The Balaban J connectivity index is 1.59. The summed E-state index contributed by atoms with van der Waals surface area (Å²) in [5.74, 6) is -0.712. The molecule has 2 aromatic heterocycles. The SMILES string of the molecule is CCc1ccc([C@H](NCC(=O)NNC(=O)c2ccco2)c2cccs2)cc1. The van der Waals surface area contributed by atoms with Gasteiger partial charge in [0.1, 0.15) is 0 Å². The van der Waals surface area contributed by atoms with Crippen LogP contribution in [0.5, 0.6) is 0 Å². The number of carbonyl (C=O) groups is 2. The minimum absolute atomic E-state index is 0.0521. The van der Waals surface area contributed by atoms with E-state index in [2.05, 4.69) is 47.4 Å². The third-order valence-corrected chi connectivity index (χ3v) is 5.01. The summed E-state index contributed by atoms with van der Waals surface area (Å²) in [6.45, 7) is 2.17. The van der Waals surface area contributed by atoms with Gasteiger partial charge in [-0.25, -0.2) is 0 Å². The molecule has 0 aliphatic heterocycles. The number of thiophene rings is 1. The smallest absolute Gasteiger partial charge is 0.305 e. The van der Waals surface area contributed by atoms with Gasteiger partial charge in [-0.05, 0) is 41.1 Å². The summed E-state index contributed by atoms with van der Waals surface area (Å²) in [6, 6.07) is 15.4. The fourth-order valence-electron chi connectivity index (χ4n) is 2.62. The monoisotopic (exact) mass is 383 g/mol. The zero-order valence-corrected chi connectivity index (χ0v) is 15.7. The van der Waals surface area contributed by atoms with Crippen molar-refractivity contribution < 1.29 is 14.0 Å². The summed E-state index contributed by atoms with van der Waals surface area (Å²) in [6.07, 6.45) is 2.38. The van der Waals surface area contributed by atoms with Gasteiger partial charge in [0.05, 0.1) is 18.8 Å². The molecule has 0 bridgehead atoms. The van der Waals surface area contributed by atoms with E-state index in [1.165, 1.54) is 17.9 Å². The second kappa shape index (κ2) is 9.16. The zero-order valence-electron chi connectivity index (χ0n) is 14.9. The number of nitrogens with one attached hydrogen (secondary N) is 3. The third kappa shape index (κ3) is 5.06. The van der Waals surface area contributed by atoms with Crippen molar-refractivity contribution >= 4 is 23.2 Å². The number of aryl methyl sites for hydroxylation is 1. The number of carbonyl (C=O) groups excluding carboxylic acids is 2. The first-order chi connectivity index (χ1) is 13.2. The van der Waals surface area contributed by atoms with Crippen LogP contribution in [-0.4, -0.2) is 18.4 Å². The maximum Gasteiger partial charge on any atom is 0.305 e. The largest absolute Gasteiger partial charge is 0.459 e. The lowest BCUT2D eigenvalue weighted by Crippen LogP contribution is -2.45. The average molecular weight is 383 g/mol. The molecule has 0 spiro atoms. The van der Waals surface area contributed by atoms with Gasteiger partial charge in [-0.1, -0.05) is 37.3 Å². The molecule has 2 heterocycles. The highest BCUT2D eigenvalue weighted by atomic mass is 32.1. The molecule has 7 heteroatoms. The molecule has 140 valence electrons. The van der Waals surface area contributed by atoms with Crippen LogP contribution in [0.3, 0.4) is 0 Å². The van der Waals surface area contributed by atoms with Crippen molar-refractivity contribution in [2.45, 2.75) is 19.4 Å². The third-order valence-electron chi connectivity index (χ3n) is 4.08. The minimum atomic E-state index is -0.502. The van der Waals surface area contributed by atoms with Crippen LogP contribution < -0.4 is 16.2 Å². The molecule has 1 aromatic carbocycles. The predicted molar refractivity (Wildman–Crippen MR) is 104 cm³/mol. The maximum absolute atomic E-state index is 12.1. The number of amides is 2. The number of hydrogen-bond donors (Lipinski definition) is 3. The second-order valence-corrected chi connectivity index (χ2v) is 6.88. The molecule has 2 amide bonds. The van der Waals surface area contributed by atoms with Gasteiger partial charge in [-0.3, -0.25) is 25.8 Å². The number of rotatable bonds is 7. The van der Waals surface area contributed by atoms with E-state index in [0.29, 0.717) is 0 Å². The summed E-state index contributed by atoms with van der Waals surface area (Å²) >= 11 is 1.63. The molecule has 6 nitrogen and oxygen atoms in total. The lowest BCUT2D eigenvalue weighted by atomic mass is 10.0. The van der Waals surface area contributed by atoms with Gasteiger partial charge in [0.25, 0.3) is 5.91 Å². The minimum Gasteiger partial charge on any atom is -0.459 e. The van der Waals surface area contributed by atoms with Crippen molar-refractivity contribution in [1.29, 1.82) is 0 Å². The Kier molecular flexibility index (Phi) is 6.40. The lowest BCUT2D eigenvalue weighted by Gasteiger charge is -2.18. The molecule has 3 N–H and O–H groups in total. The van der Waals surface area contributed by atoms with Crippen LogP contribution >= 0.6 is 11.3 Å². The Morgan fingerprint density at radius 2 is 1.89 bits per heavy atom. The predicted octanol–water partition coefficient (Wildman–Crippen LogP) is 3.04. The Bertz CT molecular complexity index is 859. The van der Waals surface area contributed by atoms with Crippen LogP contribution in [0.1, 0.15) is 39.5 Å². The molecule has 0 aliphatic carbocycles. The van der Waals surface area contributed by atoms with Crippen LogP contribution in [0, 0.1) is 0 Å². The number of furan rings is 1. The van der Waals surface area contributed by atoms with Crippen LogP contribution in [0.2, 0.25) is 0 Å². The first kappa shape index (κ1) is 18.9. The molecular formula is C20H21N3O3S. The van der Waals surface area contributed by atoms with Crippen LogP contribution in [0.4, 0.5) is 0 Å². The van der Waals surface area contributed by atoms with Gasteiger partial charge in [-0.2, -0.15) is 0 Å². The Morgan fingerprint density at radius 1 is 1.07 bits per heavy atom. The number of hydrazine groups is 1. The summed E-state index contributed by atoms with van der Waals surface area (Å²) in [5, 5.41) is 5.27. The van der Waals surface area contributed by atoms with E-state index in [1.54, 1.807) is 17.4 Å². The highest BCUT2D eigenvalue weighted by molar-refractivity contribution is 7.10. The first-order valence-corrected chi connectivity index (χ1v) is 9.53. The maximum atomic E-state index is 12.1. The fourth-order valence-corrected chi connectivity index (χ4v) is 3.45. The Morgan fingerprint density at radius 3 is 2.52 bits per heavy atom. The quantitative estimate of drug-likeness (QED) is 0.548. The molecule has 3 aromatic rings. The normalized spacial score (nSPS) is 11.7. The molecule has 27 heavy (non-hydrogen) atoms. The number of hydrogen-bond acceptors (Lipinski definition) is 5. The standard InChI is InChI=1S/C20H21N3O3S/c1-2-14-7-9-15(10-8-14)19(17-6-4-12-27-17)21-13-18(24)22-23-20(25)16-5-3-11-26-16/h3-12,19,21H,2,13H2,1H3,(H,22,24)(H,23,25)/t19-/m0/s1. The summed E-state index contributed by atoms with van der Waals surface area (Å²) in [4.78, 5) is 25.0. The highest BCUT2D eigenvalue weighted by Crippen LogP contribution is 2.26. The van der Waals surface area contributed by atoms with Crippen molar-refractivity contribution in [2.24, 2.45) is 0 Å². The second-order valence-electron chi connectivity index (χ2n) is 5.90. The zero-order chi connectivity index (χ0) is 19.1. The van der Waals surface area contributed by atoms with E-state index in [4.69, 9.17) is 4.42 Å². The number of benzene rings is 1. The molecule has 3 rings (SSSR count). The van der Waals surface area contributed by atoms with E-state index in [-0.39, 0.29) is 24.3 Å². The van der Waals surface area contributed by atoms with E-state index < -0.39 is 5.91 Å². The van der Waals surface area contributed by atoms with Gasteiger partial charge in [-0.15, -0.1) is 11.3 Å². The average Bonchev–Trinajstić information content (AvgIpc) is 3.41. The Hall–Kier alpha value is -2.90. The van der Waals surface area contributed by atoms with Crippen LogP contribution in [0.25, 0.3) is 0 Å². The van der Waals surface area contributed by atoms with Gasteiger partial charge in [0, 0.05) is 4.88 Å². The molecule has 0 saturated heterocycles. The molecule has 0 unspecified atom stereocenters. The van der Waals surface area contributed by atoms with Crippen molar-refractivity contribution in [3.8, 4) is 0 Å².